The fraction of sp³-hybridized carbons (Fsp3) is 0.0526. The van der Waals surface area contributed by atoms with E-state index in [0.717, 1.165) is 12.2 Å². The highest BCUT2D eigenvalue weighted by Crippen LogP contribution is 2.10. The van der Waals surface area contributed by atoms with Gasteiger partial charge in [-0.2, -0.15) is 0 Å². The van der Waals surface area contributed by atoms with Crippen LogP contribution in [0, 0.1) is 11.6 Å². The summed E-state index contributed by atoms with van der Waals surface area (Å²) in [4.78, 5) is 23.4. The summed E-state index contributed by atoms with van der Waals surface area (Å²) >= 11 is 0. The number of allylic oxidation sites excluding steroid dienone is 2. The van der Waals surface area contributed by atoms with Crippen LogP contribution in [0.3, 0.4) is 0 Å². The fourth-order valence-corrected chi connectivity index (χ4v) is 1.88. The quantitative estimate of drug-likeness (QED) is 0.591. The maximum atomic E-state index is 13.4. The van der Waals surface area contributed by atoms with Crippen LogP contribution in [0.25, 0.3) is 12.2 Å². The van der Waals surface area contributed by atoms with Crippen LogP contribution in [0.2, 0.25) is 0 Å². The molecule has 0 spiro atoms. The Balaban J connectivity index is 1.94. The van der Waals surface area contributed by atoms with E-state index in [0.29, 0.717) is 0 Å². The lowest BCUT2D eigenvalue weighted by atomic mass is 10.1. The van der Waals surface area contributed by atoms with Crippen LogP contribution < -0.4 is 0 Å². The molecular formula is C19H14F2O2. The zero-order valence-corrected chi connectivity index (χ0v) is 12.2. The Kier molecular flexibility index (Phi) is 5.69. The highest BCUT2D eigenvalue weighted by molar-refractivity contribution is 6.10. The molecular weight excluding hydrogens is 298 g/mol. The summed E-state index contributed by atoms with van der Waals surface area (Å²) in [6.07, 6.45) is 4.62. The molecule has 23 heavy (non-hydrogen) atoms. The Labute approximate surface area is 132 Å². The molecule has 0 N–H and O–H groups in total. The number of hydrogen-bond donors (Lipinski definition) is 0. The summed E-state index contributed by atoms with van der Waals surface area (Å²) in [5, 5.41) is 0. The molecule has 0 aliphatic heterocycles. The van der Waals surface area contributed by atoms with Crippen LogP contribution in [-0.2, 0) is 9.59 Å². The minimum Gasteiger partial charge on any atom is -0.294 e. The van der Waals surface area contributed by atoms with Crippen LogP contribution >= 0.6 is 0 Å². The number of halogens is 2. The molecule has 0 aromatic heterocycles. The number of benzene rings is 2. The predicted octanol–water partition coefficient (Wildman–Crippen LogP) is 4.22. The van der Waals surface area contributed by atoms with Gasteiger partial charge in [0, 0.05) is 11.1 Å². The van der Waals surface area contributed by atoms with Gasteiger partial charge in [-0.1, -0.05) is 36.4 Å². The number of ketones is 2. The van der Waals surface area contributed by atoms with E-state index in [4.69, 9.17) is 0 Å². The first-order valence-corrected chi connectivity index (χ1v) is 6.97. The molecule has 2 aromatic rings. The van der Waals surface area contributed by atoms with Crippen LogP contribution in [0.5, 0.6) is 0 Å². The summed E-state index contributed by atoms with van der Waals surface area (Å²) in [6.45, 7) is 0. The van der Waals surface area contributed by atoms with E-state index < -0.39 is 23.2 Å². The Morgan fingerprint density at radius 1 is 0.739 bits per heavy atom. The van der Waals surface area contributed by atoms with E-state index in [2.05, 4.69) is 0 Å². The van der Waals surface area contributed by atoms with E-state index >= 15 is 0 Å². The molecule has 0 atom stereocenters. The van der Waals surface area contributed by atoms with Gasteiger partial charge in [0.1, 0.15) is 11.6 Å². The van der Waals surface area contributed by atoms with Gasteiger partial charge in [-0.25, -0.2) is 8.78 Å². The number of carbonyl (C=O) groups excluding carboxylic acids is 2. The summed E-state index contributed by atoms with van der Waals surface area (Å²) in [7, 11) is 0. The van der Waals surface area contributed by atoms with Crippen LogP contribution in [-0.4, -0.2) is 11.6 Å². The smallest absolute Gasteiger partial charge is 0.163 e. The van der Waals surface area contributed by atoms with Crippen LogP contribution in [0.4, 0.5) is 8.78 Å². The zero-order valence-electron chi connectivity index (χ0n) is 12.2. The minimum absolute atomic E-state index is 0.273. The van der Waals surface area contributed by atoms with E-state index in [-0.39, 0.29) is 17.5 Å². The molecule has 2 rings (SSSR count). The van der Waals surface area contributed by atoms with Crippen molar-refractivity contribution < 1.29 is 18.4 Å². The van der Waals surface area contributed by atoms with Gasteiger partial charge in [-0.15, -0.1) is 0 Å². The molecule has 0 fully saturated rings. The van der Waals surface area contributed by atoms with Gasteiger partial charge in [0.05, 0.1) is 6.42 Å². The van der Waals surface area contributed by atoms with Gasteiger partial charge < -0.3 is 0 Å². The van der Waals surface area contributed by atoms with Crippen molar-refractivity contribution in [2.75, 3.05) is 0 Å². The predicted molar refractivity (Wildman–Crippen MR) is 85.5 cm³/mol. The molecule has 0 saturated carbocycles. The van der Waals surface area contributed by atoms with Gasteiger partial charge >= 0.3 is 0 Å². The van der Waals surface area contributed by atoms with Crippen molar-refractivity contribution in [3.63, 3.8) is 0 Å². The van der Waals surface area contributed by atoms with E-state index in [1.54, 1.807) is 24.3 Å². The standard InChI is InChI=1S/C19H14F2O2/c20-18-7-3-1-5-14(18)9-11-16(22)13-17(23)12-10-15-6-2-4-8-19(15)21/h1-12H,13H2/b11-9+,12-10+. The second-order valence-corrected chi connectivity index (χ2v) is 4.82. The molecule has 0 saturated heterocycles. The van der Waals surface area contributed by atoms with E-state index in [9.17, 15) is 18.4 Å². The average molecular weight is 312 g/mol. The van der Waals surface area contributed by atoms with Crippen molar-refractivity contribution >= 4 is 23.7 Å². The summed E-state index contributed by atoms with van der Waals surface area (Å²) in [5.74, 6) is -1.78. The summed E-state index contributed by atoms with van der Waals surface area (Å²) < 4.78 is 26.7. The number of carbonyl (C=O) groups is 2. The third kappa shape index (κ3) is 5.11. The van der Waals surface area contributed by atoms with Crippen LogP contribution in [0.15, 0.2) is 60.7 Å². The third-order valence-corrected chi connectivity index (χ3v) is 3.06. The fourth-order valence-electron chi connectivity index (χ4n) is 1.88. The normalized spacial score (nSPS) is 11.2. The molecule has 0 aliphatic carbocycles. The molecule has 2 aromatic carbocycles. The monoisotopic (exact) mass is 312 g/mol. The summed E-state index contributed by atoms with van der Waals surface area (Å²) in [6, 6.07) is 12.0. The Morgan fingerprint density at radius 2 is 1.13 bits per heavy atom. The first kappa shape index (κ1) is 16.5. The molecule has 0 amide bonds. The van der Waals surface area contributed by atoms with Gasteiger partial charge in [0.15, 0.2) is 11.6 Å². The van der Waals surface area contributed by atoms with Gasteiger partial charge in [-0.05, 0) is 36.4 Å². The first-order valence-electron chi connectivity index (χ1n) is 6.97. The Bertz CT molecular complexity index is 711. The maximum Gasteiger partial charge on any atom is 0.163 e. The Hall–Kier alpha value is -2.88. The molecule has 0 bridgehead atoms. The topological polar surface area (TPSA) is 34.1 Å². The van der Waals surface area contributed by atoms with Crippen molar-refractivity contribution in [3.8, 4) is 0 Å². The third-order valence-electron chi connectivity index (χ3n) is 3.06. The molecule has 0 aliphatic rings. The lowest BCUT2D eigenvalue weighted by Gasteiger charge is -1.96. The van der Waals surface area contributed by atoms with Crippen molar-refractivity contribution in [3.05, 3.63) is 83.4 Å². The van der Waals surface area contributed by atoms with Crippen molar-refractivity contribution in [2.45, 2.75) is 6.42 Å². The average Bonchev–Trinajstić information content (AvgIpc) is 2.53. The SMILES string of the molecule is O=C(/C=C/c1ccccc1F)CC(=O)/C=C/c1ccccc1F. The molecule has 0 heterocycles. The van der Waals surface area contributed by atoms with Crippen molar-refractivity contribution in [1.29, 1.82) is 0 Å². The lowest BCUT2D eigenvalue weighted by Crippen LogP contribution is -2.02. The van der Waals surface area contributed by atoms with Gasteiger partial charge in [0.25, 0.3) is 0 Å². The highest BCUT2D eigenvalue weighted by Gasteiger charge is 2.05. The molecule has 0 radical (unpaired) electrons. The lowest BCUT2D eigenvalue weighted by molar-refractivity contribution is -0.121. The van der Waals surface area contributed by atoms with Crippen LogP contribution in [0.1, 0.15) is 17.5 Å². The molecule has 0 unspecified atom stereocenters. The van der Waals surface area contributed by atoms with Gasteiger partial charge in [-0.3, -0.25) is 9.59 Å². The second kappa shape index (κ2) is 7.94. The molecule has 4 heteroatoms. The summed E-state index contributed by atoms with van der Waals surface area (Å²) in [5.41, 5.74) is 0.547. The number of hydrogen-bond acceptors (Lipinski definition) is 2. The number of rotatable bonds is 6. The maximum absolute atomic E-state index is 13.4. The first-order chi connectivity index (χ1) is 11.1. The van der Waals surface area contributed by atoms with Gasteiger partial charge in [0.2, 0.25) is 0 Å². The molecule has 2 nitrogen and oxygen atoms in total. The minimum atomic E-state index is -0.448. The second-order valence-electron chi connectivity index (χ2n) is 4.82. The largest absolute Gasteiger partial charge is 0.294 e. The van der Waals surface area contributed by atoms with E-state index in [1.807, 2.05) is 0 Å². The highest BCUT2D eigenvalue weighted by atomic mass is 19.1. The van der Waals surface area contributed by atoms with E-state index in [1.165, 1.54) is 36.4 Å². The molecule has 116 valence electrons. The van der Waals surface area contributed by atoms with Crippen molar-refractivity contribution in [1.82, 2.24) is 0 Å². The zero-order chi connectivity index (χ0) is 16.7. The Morgan fingerprint density at radius 3 is 1.52 bits per heavy atom. The van der Waals surface area contributed by atoms with Crippen molar-refractivity contribution in [2.24, 2.45) is 0 Å².